The average Bonchev–Trinajstić information content (AvgIpc) is 2.99. The number of hydrogen-bond donors (Lipinski definition) is 1. The van der Waals surface area contributed by atoms with Gasteiger partial charge in [-0.25, -0.2) is 9.97 Å². The molecule has 0 aromatic carbocycles. The van der Waals surface area contributed by atoms with Crippen molar-refractivity contribution in [3.05, 3.63) is 35.5 Å². The molecule has 23 heavy (non-hydrogen) atoms. The summed E-state index contributed by atoms with van der Waals surface area (Å²) in [5, 5.41) is 6.81. The molecule has 0 bridgehead atoms. The molecular weight excluding hydrogens is 298 g/mol. The molecule has 8 nitrogen and oxygen atoms in total. The van der Waals surface area contributed by atoms with Crippen LogP contribution in [0.15, 0.2) is 16.8 Å². The summed E-state index contributed by atoms with van der Waals surface area (Å²) in [6.07, 6.45) is 3.22. The minimum absolute atomic E-state index is 0.190. The molecule has 0 unspecified atom stereocenters. The topological polar surface area (TPSA) is 103 Å². The normalized spacial score (nSPS) is 17.0. The van der Waals surface area contributed by atoms with Gasteiger partial charge in [-0.1, -0.05) is 5.16 Å². The van der Waals surface area contributed by atoms with Gasteiger partial charge >= 0.3 is 0 Å². The Kier molecular flexibility index (Phi) is 4.61. The Morgan fingerprint density at radius 2 is 2.04 bits per heavy atom. The van der Waals surface area contributed by atoms with Gasteiger partial charge < -0.3 is 14.6 Å². The van der Waals surface area contributed by atoms with E-state index in [1.54, 1.807) is 26.1 Å². The number of ether oxygens (including phenoxy) is 1. The zero-order valence-corrected chi connectivity index (χ0v) is 13.2. The summed E-state index contributed by atoms with van der Waals surface area (Å²) in [7, 11) is 0. The lowest BCUT2D eigenvalue weighted by atomic mass is 9.91. The van der Waals surface area contributed by atoms with E-state index >= 15 is 0 Å². The van der Waals surface area contributed by atoms with Crippen LogP contribution in [-0.4, -0.2) is 39.2 Å². The number of rotatable bonds is 4. The number of amides is 1. The first kappa shape index (κ1) is 15.5. The van der Waals surface area contributed by atoms with Gasteiger partial charge in [-0.3, -0.25) is 4.79 Å². The quantitative estimate of drug-likeness (QED) is 0.908. The maximum absolute atomic E-state index is 12.5. The molecule has 0 spiro atoms. The van der Waals surface area contributed by atoms with Crippen LogP contribution in [0.4, 0.5) is 0 Å². The lowest BCUT2D eigenvalue weighted by Gasteiger charge is -2.28. The first-order valence-electron chi connectivity index (χ1n) is 7.62. The standard InChI is InChI=1S/C15H19N5O3/c1-9-16-6-3-12(17-9)14(21)19-13(11-4-7-22-8-5-11)15-18-10(2)20-23-15/h3,6,11,13H,4-5,7-8H2,1-2H3,(H,19,21)/t13-/m0/s1. The van der Waals surface area contributed by atoms with E-state index in [1.807, 2.05) is 0 Å². The lowest BCUT2D eigenvalue weighted by molar-refractivity contribution is 0.0467. The fourth-order valence-electron chi connectivity index (χ4n) is 2.67. The van der Waals surface area contributed by atoms with Crippen LogP contribution in [0.25, 0.3) is 0 Å². The maximum atomic E-state index is 12.5. The summed E-state index contributed by atoms with van der Waals surface area (Å²) < 4.78 is 10.7. The Hall–Kier alpha value is -2.35. The molecule has 1 amide bonds. The minimum Gasteiger partial charge on any atom is -0.381 e. The molecule has 3 rings (SSSR count). The third-order valence-electron chi connectivity index (χ3n) is 3.84. The van der Waals surface area contributed by atoms with E-state index in [-0.39, 0.29) is 17.9 Å². The summed E-state index contributed by atoms with van der Waals surface area (Å²) in [6.45, 7) is 4.82. The Bertz CT molecular complexity index is 681. The molecule has 122 valence electrons. The molecular formula is C15H19N5O3. The van der Waals surface area contributed by atoms with Crippen molar-refractivity contribution >= 4 is 5.91 Å². The van der Waals surface area contributed by atoms with Gasteiger partial charge in [0, 0.05) is 19.4 Å². The van der Waals surface area contributed by atoms with Crippen molar-refractivity contribution in [1.82, 2.24) is 25.4 Å². The van der Waals surface area contributed by atoms with Crippen LogP contribution in [-0.2, 0) is 4.74 Å². The van der Waals surface area contributed by atoms with Gasteiger partial charge in [0.2, 0.25) is 5.89 Å². The smallest absolute Gasteiger partial charge is 0.270 e. The van der Waals surface area contributed by atoms with E-state index in [0.29, 0.717) is 36.4 Å². The molecule has 1 saturated heterocycles. The summed E-state index contributed by atoms with van der Waals surface area (Å²) in [6, 6.07) is 1.24. The Balaban J connectivity index is 1.81. The van der Waals surface area contributed by atoms with Crippen molar-refractivity contribution in [3.63, 3.8) is 0 Å². The molecule has 1 fully saturated rings. The van der Waals surface area contributed by atoms with Crippen molar-refractivity contribution in [2.75, 3.05) is 13.2 Å². The van der Waals surface area contributed by atoms with E-state index in [0.717, 1.165) is 12.8 Å². The predicted octanol–water partition coefficient (Wildman–Crippen LogP) is 1.37. The van der Waals surface area contributed by atoms with Crippen molar-refractivity contribution in [2.45, 2.75) is 32.7 Å². The molecule has 2 aromatic heterocycles. The number of hydrogen-bond acceptors (Lipinski definition) is 7. The van der Waals surface area contributed by atoms with Gasteiger partial charge in [0.05, 0.1) is 0 Å². The summed E-state index contributed by atoms with van der Waals surface area (Å²) in [5.74, 6) is 1.44. The molecule has 0 saturated carbocycles. The van der Waals surface area contributed by atoms with Crippen molar-refractivity contribution < 1.29 is 14.1 Å². The molecule has 1 aliphatic rings. The minimum atomic E-state index is -0.345. The van der Waals surface area contributed by atoms with Crippen LogP contribution in [0, 0.1) is 19.8 Å². The largest absolute Gasteiger partial charge is 0.381 e. The van der Waals surface area contributed by atoms with Crippen molar-refractivity contribution in [2.24, 2.45) is 5.92 Å². The SMILES string of the molecule is Cc1nccc(C(=O)N[C@H](c2nc(C)no2)C2CCOCC2)n1. The van der Waals surface area contributed by atoms with E-state index in [4.69, 9.17) is 9.26 Å². The van der Waals surface area contributed by atoms with Gasteiger partial charge in [0.1, 0.15) is 17.6 Å². The molecule has 2 aromatic rings. The van der Waals surface area contributed by atoms with Crippen molar-refractivity contribution in [1.29, 1.82) is 0 Å². The van der Waals surface area contributed by atoms with E-state index in [2.05, 4.69) is 25.4 Å². The van der Waals surface area contributed by atoms with Crippen LogP contribution < -0.4 is 5.32 Å². The first-order chi connectivity index (χ1) is 11.1. The molecule has 1 N–H and O–H groups in total. The molecule has 1 atom stereocenters. The number of nitrogens with zero attached hydrogens (tertiary/aromatic N) is 4. The van der Waals surface area contributed by atoms with E-state index < -0.39 is 0 Å². The molecule has 0 radical (unpaired) electrons. The number of aryl methyl sites for hydroxylation is 2. The van der Waals surface area contributed by atoms with Gasteiger partial charge in [-0.15, -0.1) is 0 Å². The Morgan fingerprint density at radius 3 is 2.70 bits per heavy atom. The van der Waals surface area contributed by atoms with Gasteiger partial charge in [0.25, 0.3) is 5.91 Å². The first-order valence-corrected chi connectivity index (χ1v) is 7.62. The van der Waals surface area contributed by atoms with Crippen LogP contribution in [0.1, 0.15) is 46.9 Å². The monoisotopic (exact) mass is 317 g/mol. The Morgan fingerprint density at radius 1 is 1.26 bits per heavy atom. The zero-order chi connectivity index (χ0) is 16.2. The summed E-state index contributed by atoms with van der Waals surface area (Å²) >= 11 is 0. The fourth-order valence-corrected chi connectivity index (χ4v) is 2.67. The third-order valence-corrected chi connectivity index (χ3v) is 3.84. The second kappa shape index (κ2) is 6.82. The van der Waals surface area contributed by atoms with Crippen molar-refractivity contribution in [3.8, 4) is 0 Å². The maximum Gasteiger partial charge on any atom is 0.270 e. The number of carbonyl (C=O) groups is 1. The molecule has 3 heterocycles. The summed E-state index contributed by atoms with van der Waals surface area (Å²) in [5.41, 5.74) is 0.325. The average molecular weight is 317 g/mol. The highest BCUT2D eigenvalue weighted by atomic mass is 16.5. The Labute approximate surface area is 133 Å². The van der Waals surface area contributed by atoms with Crippen LogP contribution in [0.2, 0.25) is 0 Å². The second-order valence-electron chi connectivity index (χ2n) is 5.57. The van der Waals surface area contributed by atoms with Crippen LogP contribution in [0.3, 0.4) is 0 Å². The lowest BCUT2D eigenvalue weighted by Crippen LogP contribution is -2.36. The molecule has 1 aliphatic heterocycles. The van der Waals surface area contributed by atoms with Crippen LogP contribution in [0.5, 0.6) is 0 Å². The third kappa shape index (κ3) is 3.70. The summed E-state index contributed by atoms with van der Waals surface area (Å²) in [4.78, 5) is 25.0. The fraction of sp³-hybridized carbons (Fsp3) is 0.533. The van der Waals surface area contributed by atoms with E-state index in [1.165, 1.54) is 0 Å². The van der Waals surface area contributed by atoms with Gasteiger partial charge in [-0.2, -0.15) is 4.98 Å². The van der Waals surface area contributed by atoms with E-state index in [9.17, 15) is 4.79 Å². The number of aromatic nitrogens is 4. The van der Waals surface area contributed by atoms with Gasteiger partial charge in [-0.05, 0) is 38.7 Å². The highest BCUT2D eigenvalue weighted by Crippen LogP contribution is 2.29. The highest BCUT2D eigenvalue weighted by Gasteiger charge is 2.31. The van der Waals surface area contributed by atoms with Gasteiger partial charge in [0.15, 0.2) is 5.82 Å². The predicted molar refractivity (Wildman–Crippen MR) is 79.6 cm³/mol. The zero-order valence-electron chi connectivity index (χ0n) is 13.2. The highest BCUT2D eigenvalue weighted by molar-refractivity contribution is 5.92. The molecule has 8 heteroatoms. The van der Waals surface area contributed by atoms with Crippen LogP contribution >= 0.6 is 0 Å². The molecule has 0 aliphatic carbocycles. The number of nitrogens with one attached hydrogen (secondary N) is 1. The second-order valence-corrected chi connectivity index (χ2v) is 5.57. The number of carbonyl (C=O) groups excluding carboxylic acids is 1.